The van der Waals surface area contributed by atoms with Crippen LogP contribution in [0.15, 0.2) is 22.6 Å². The highest BCUT2D eigenvalue weighted by Gasteiger charge is 2.08. The fourth-order valence-electron chi connectivity index (χ4n) is 1.65. The molecule has 1 heterocycles. The Hall–Kier alpha value is -1.06. The molecular weight excluding hydrogens is 188 g/mol. The molecular formula is C12H20N2O. The van der Waals surface area contributed by atoms with E-state index in [-0.39, 0.29) is 0 Å². The highest BCUT2D eigenvalue weighted by molar-refractivity contribution is 5.20. The lowest BCUT2D eigenvalue weighted by Crippen LogP contribution is -2.19. The van der Waals surface area contributed by atoms with Gasteiger partial charge in [0.05, 0.1) is 6.54 Å². The number of nitrogens with zero attached hydrogens (tertiary/aromatic N) is 1. The molecule has 0 aliphatic carbocycles. The van der Waals surface area contributed by atoms with Crippen molar-refractivity contribution in [3.63, 3.8) is 0 Å². The SMILES string of the molecule is C=C(C)CN(C)Cc1cc(CN)c(C)o1. The molecule has 3 nitrogen and oxygen atoms in total. The third-order valence-electron chi connectivity index (χ3n) is 2.26. The Kier molecular flexibility index (Phi) is 4.12. The van der Waals surface area contributed by atoms with E-state index in [4.69, 9.17) is 10.2 Å². The van der Waals surface area contributed by atoms with Gasteiger partial charge in [0.2, 0.25) is 0 Å². The van der Waals surface area contributed by atoms with Gasteiger partial charge in [-0.15, -0.1) is 0 Å². The summed E-state index contributed by atoms with van der Waals surface area (Å²) in [4.78, 5) is 2.17. The molecule has 0 fully saturated rings. The molecule has 1 aromatic heterocycles. The van der Waals surface area contributed by atoms with E-state index in [9.17, 15) is 0 Å². The molecule has 0 spiro atoms. The van der Waals surface area contributed by atoms with Crippen molar-refractivity contribution in [2.75, 3.05) is 13.6 Å². The van der Waals surface area contributed by atoms with Gasteiger partial charge in [0, 0.05) is 18.7 Å². The first-order valence-electron chi connectivity index (χ1n) is 5.14. The van der Waals surface area contributed by atoms with E-state index in [1.807, 2.05) is 19.9 Å². The van der Waals surface area contributed by atoms with Crippen LogP contribution < -0.4 is 5.73 Å². The molecule has 0 amide bonds. The van der Waals surface area contributed by atoms with Gasteiger partial charge in [-0.05, 0) is 27.0 Å². The Bertz CT molecular complexity index is 341. The molecule has 0 aromatic carbocycles. The minimum atomic E-state index is 0.541. The second-order valence-electron chi connectivity index (χ2n) is 4.13. The second-order valence-corrected chi connectivity index (χ2v) is 4.13. The topological polar surface area (TPSA) is 42.4 Å². The number of hydrogen-bond donors (Lipinski definition) is 1. The monoisotopic (exact) mass is 208 g/mol. The minimum absolute atomic E-state index is 0.541. The van der Waals surface area contributed by atoms with E-state index in [1.54, 1.807) is 0 Å². The Morgan fingerprint density at radius 1 is 1.60 bits per heavy atom. The Morgan fingerprint density at radius 2 is 2.27 bits per heavy atom. The van der Waals surface area contributed by atoms with Crippen LogP contribution in [0.4, 0.5) is 0 Å². The standard InChI is InChI=1S/C12H20N2O/c1-9(2)7-14(4)8-12-5-11(6-13)10(3)15-12/h5H,1,6-8,13H2,2-4H3. The van der Waals surface area contributed by atoms with E-state index in [0.29, 0.717) is 6.54 Å². The zero-order chi connectivity index (χ0) is 11.4. The normalized spacial score (nSPS) is 11.0. The molecule has 0 aliphatic heterocycles. The third kappa shape index (κ3) is 3.53. The van der Waals surface area contributed by atoms with Crippen molar-refractivity contribution in [3.05, 3.63) is 35.3 Å². The van der Waals surface area contributed by atoms with Gasteiger partial charge in [0.15, 0.2) is 0 Å². The largest absolute Gasteiger partial charge is 0.465 e. The van der Waals surface area contributed by atoms with Crippen LogP contribution in [0.3, 0.4) is 0 Å². The van der Waals surface area contributed by atoms with Crippen molar-refractivity contribution in [1.82, 2.24) is 4.90 Å². The van der Waals surface area contributed by atoms with Gasteiger partial charge in [-0.1, -0.05) is 12.2 Å². The van der Waals surface area contributed by atoms with Gasteiger partial charge in [-0.25, -0.2) is 0 Å². The van der Waals surface area contributed by atoms with E-state index < -0.39 is 0 Å². The summed E-state index contributed by atoms with van der Waals surface area (Å²) < 4.78 is 5.61. The Labute approximate surface area is 91.6 Å². The fourth-order valence-corrected chi connectivity index (χ4v) is 1.65. The first kappa shape index (κ1) is 12.0. The van der Waals surface area contributed by atoms with Gasteiger partial charge in [-0.2, -0.15) is 0 Å². The Balaban J connectivity index is 2.60. The fraction of sp³-hybridized carbons (Fsp3) is 0.500. The van der Waals surface area contributed by atoms with Crippen molar-refractivity contribution >= 4 is 0 Å². The average Bonchev–Trinajstić information content (AvgIpc) is 2.44. The molecule has 2 N–H and O–H groups in total. The van der Waals surface area contributed by atoms with Crippen molar-refractivity contribution in [1.29, 1.82) is 0 Å². The van der Waals surface area contributed by atoms with Gasteiger partial charge in [-0.3, -0.25) is 4.90 Å². The Morgan fingerprint density at radius 3 is 2.73 bits per heavy atom. The maximum absolute atomic E-state index is 5.61. The summed E-state index contributed by atoms with van der Waals surface area (Å²) in [5.41, 5.74) is 7.83. The number of likely N-dealkylation sites (N-methyl/N-ethyl adjacent to an activating group) is 1. The van der Waals surface area contributed by atoms with Crippen LogP contribution in [0.2, 0.25) is 0 Å². The number of furan rings is 1. The lowest BCUT2D eigenvalue weighted by Gasteiger charge is -2.14. The van der Waals surface area contributed by atoms with Crippen LogP contribution in [0.5, 0.6) is 0 Å². The summed E-state index contributed by atoms with van der Waals surface area (Å²) in [6, 6.07) is 2.03. The molecule has 0 radical (unpaired) electrons. The van der Waals surface area contributed by atoms with E-state index >= 15 is 0 Å². The second kappa shape index (κ2) is 5.14. The molecule has 15 heavy (non-hydrogen) atoms. The van der Waals surface area contributed by atoms with Crippen LogP contribution in [0.25, 0.3) is 0 Å². The highest BCUT2D eigenvalue weighted by atomic mass is 16.3. The van der Waals surface area contributed by atoms with Gasteiger partial charge in [0.25, 0.3) is 0 Å². The van der Waals surface area contributed by atoms with E-state index in [1.165, 1.54) is 0 Å². The summed E-state index contributed by atoms with van der Waals surface area (Å²) in [5, 5.41) is 0. The maximum Gasteiger partial charge on any atom is 0.118 e. The van der Waals surface area contributed by atoms with Crippen molar-refractivity contribution in [2.24, 2.45) is 5.73 Å². The number of rotatable bonds is 5. The van der Waals surface area contributed by atoms with Crippen LogP contribution in [0.1, 0.15) is 24.0 Å². The van der Waals surface area contributed by atoms with Crippen LogP contribution in [0, 0.1) is 6.92 Å². The number of hydrogen-bond acceptors (Lipinski definition) is 3. The van der Waals surface area contributed by atoms with Crippen LogP contribution in [-0.4, -0.2) is 18.5 Å². The first-order valence-corrected chi connectivity index (χ1v) is 5.14. The van der Waals surface area contributed by atoms with Crippen LogP contribution in [-0.2, 0) is 13.1 Å². The summed E-state index contributed by atoms with van der Waals surface area (Å²) >= 11 is 0. The molecule has 0 aliphatic rings. The molecule has 3 heteroatoms. The molecule has 0 saturated heterocycles. The van der Waals surface area contributed by atoms with E-state index in [2.05, 4.69) is 18.5 Å². The van der Waals surface area contributed by atoms with Crippen LogP contribution >= 0.6 is 0 Å². The van der Waals surface area contributed by atoms with E-state index in [0.717, 1.165) is 35.7 Å². The lowest BCUT2D eigenvalue weighted by molar-refractivity contribution is 0.313. The van der Waals surface area contributed by atoms with Gasteiger partial charge >= 0.3 is 0 Å². The smallest absolute Gasteiger partial charge is 0.118 e. The maximum atomic E-state index is 5.61. The summed E-state index contributed by atoms with van der Waals surface area (Å²) in [6.45, 7) is 10.1. The average molecular weight is 208 g/mol. The van der Waals surface area contributed by atoms with Gasteiger partial charge in [0.1, 0.15) is 11.5 Å². The minimum Gasteiger partial charge on any atom is -0.465 e. The molecule has 1 rings (SSSR count). The number of aryl methyl sites for hydroxylation is 1. The molecule has 84 valence electrons. The predicted octanol–water partition coefficient (Wildman–Crippen LogP) is 2.05. The zero-order valence-corrected chi connectivity index (χ0v) is 9.84. The summed E-state index contributed by atoms with van der Waals surface area (Å²) in [6.07, 6.45) is 0. The predicted molar refractivity (Wildman–Crippen MR) is 62.5 cm³/mol. The third-order valence-corrected chi connectivity index (χ3v) is 2.26. The molecule has 0 bridgehead atoms. The first-order chi connectivity index (χ1) is 7.02. The molecule has 0 saturated carbocycles. The lowest BCUT2D eigenvalue weighted by atomic mass is 10.2. The zero-order valence-electron chi connectivity index (χ0n) is 9.84. The van der Waals surface area contributed by atoms with Gasteiger partial charge < -0.3 is 10.2 Å². The number of nitrogens with two attached hydrogens (primary N) is 1. The molecule has 0 unspecified atom stereocenters. The molecule has 1 aromatic rings. The molecule has 0 atom stereocenters. The van der Waals surface area contributed by atoms with Crippen molar-refractivity contribution in [3.8, 4) is 0 Å². The summed E-state index contributed by atoms with van der Waals surface area (Å²) in [5.74, 6) is 1.90. The summed E-state index contributed by atoms with van der Waals surface area (Å²) in [7, 11) is 2.05. The van der Waals surface area contributed by atoms with Crippen molar-refractivity contribution in [2.45, 2.75) is 26.9 Å². The quantitative estimate of drug-likeness (QED) is 0.753. The highest BCUT2D eigenvalue weighted by Crippen LogP contribution is 2.15. The van der Waals surface area contributed by atoms with Crippen molar-refractivity contribution < 1.29 is 4.42 Å².